The molecule has 16 rings (SSSR count). The third-order valence-electron chi connectivity index (χ3n) is 15.5. The van der Waals surface area contributed by atoms with Crippen molar-refractivity contribution in [2.45, 2.75) is 20.5 Å². The second-order valence-corrected chi connectivity index (χ2v) is 33.6. The van der Waals surface area contributed by atoms with E-state index in [4.69, 9.17) is 0 Å². The van der Waals surface area contributed by atoms with E-state index in [1.54, 1.807) is 18.5 Å². The van der Waals surface area contributed by atoms with Crippen LogP contribution in [-0.2, 0) is 33.5 Å². The number of hydrogen-bond acceptors (Lipinski definition) is 4. The number of hydrogen-bond donors (Lipinski definition) is 0. The first-order chi connectivity index (χ1) is 48.9. The molecule has 0 unspecified atom stereocenters. The van der Waals surface area contributed by atoms with Crippen LogP contribution in [0.15, 0.2) is 406 Å². The average Bonchev–Trinajstić information content (AvgIpc) is 1.83. The van der Waals surface area contributed by atoms with E-state index in [0.717, 1.165) is 43.7 Å². The number of rotatable bonds is 13. The number of aliphatic imine (C=N–C) groups is 2. The molecule has 0 amide bonds. The minimum absolute atomic E-state index is 0. The van der Waals surface area contributed by atoms with Gasteiger partial charge >= 0.3 is 0 Å². The van der Waals surface area contributed by atoms with Crippen LogP contribution in [-0.4, -0.2) is 22.4 Å². The maximum absolute atomic E-state index is 4.36. The van der Waals surface area contributed by atoms with Gasteiger partial charge in [-0.2, -0.15) is 0 Å². The van der Waals surface area contributed by atoms with Crippen LogP contribution in [0.25, 0.3) is 6.08 Å². The largest absolute Gasteiger partial charge is 0.286 e. The summed E-state index contributed by atoms with van der Waals surface area (Å²) in [6.45, 7) is 5.19. The third-order valence-corrected chi connectivity index (χ3v) is 27.6. The molecule has 502 valence electrons. The number of aromatic nitrogens is 2. The molecule has 12 aromatic carbocycles. The Morgan fingerprint density at radius 2 is 0.446 bits per heavy atom. The van der Waals surface area contributed by atoms with Crippen molar-refractivity contribution in [3.05, 3.63) is 424 Å². The fourth-order valence-corrected chi connectivity index (χ4v) is 21.3. The smallest absolute Gasteiger partial charge is 0.121 e. The number of nitrogens with zero attached hydrogens (tertiary/aromatic N) is 4. The monoisotopic (exact) mass is 1670 g/mol. The summed E-state index contributed by atoms with van der Waals surface area (Å²) in [6, 6.07) is 133. The van der Waals surface area contributed by atoms with Crippen molar-refractivity contribution in [2.75, 3.05) is 0 Å². The fourth-order valence-electron chi connectivity index (χ4n) is 10.9. The zero-order valence-electron chi connectivity index (χ0n) is 54.7. The van der Waals surface area contributed by atoms with Gasteiger partial charge in [0.25, 0.3) is 0 Å². The Kier molecular flexibility index (Phi) is 31.8. The summed E-state index contributed by atoms with van der Waals surface area (Å²) in [6.07, 6.45) is 5.33. The average molecular weight is 1670 g/mol. The first-order valence-corrected chi connectivity index (χ1v) is 40.1. The molecule has 2 aromatic heterocycles. The number of pyridine rings is 2. The Labute approximate surface area is 641 Å². The summed E-state index contributed by atoms with van der Waals surface area (Å²) in [5.74, 6) is 0. The molecule has 0 spiro atoms. The molecule has 0 saturated carbocycles. The van der Waals surface area contributed by atoms with Gasteiger partial charge in [0.15, 0.2) is 0 Å². The minimum Gasteiger partial charge on any atom is -0.286 e. The molecular formula is C89H75Br3N4P4Pd. The summed E-state index contributed by atoms with van der Waals surface area (Å²) in [4.78, 5) is 16.9. The van der Waals surface area contributed by atoms with Crippen LogP contribution < -0.4 is 63.7 Å². The normalized spacial score (nSPS) is 11.0. The quantitative estimate of drug-likeness (QED) is 0.0656. The van der Waals surface area contributed by atoms with Gasteiger partial charge in [0.1, 0.15) is 4.60 Å². The van der Waals surface area contributed by atoms with Crippen molar-refractivity contribution in [1.29, 1.82) is 0 Å². The van der Waals surface area contributed by atoms with Gasteiger partial charge in [-0.25, -0.2) is 9.97 Å². The van der Waals surface area contributed by atoms with Crippen LogP contribution in [0.1, 0.15) is 35.6 Å². The standard InChI is InChI=1S/4C18H15P.C9H7BrN2.C7H4Br2N2.CH4.Pd/c4*1-4-10-16(11-5-1)19(17-12-6-2-7-13-17)18-14-8-3-9-15-18;1-2-8-7(10)3-6-4-11-5-9(6)12-8;8-5-1-4-2-10-3-6(4)11-7(5)9;;/h4*1-15H;2-3,5H,1,4H2;1,3H,2H2;1H4;. The van der Waals surface area contributed by atoms with Gasteiger partial charge in [0.2, 0.25) is 0 Å². The fraction of sp³-hybridized carbons (Fsp3) is 0.0337. The van der Waals surface area contributed by atoms with E-state index in [9.17, 15) is 0 Å². The molecule has 0 saturated heterocycles. The minimum atomic E-state index is -0.446. The summed E-state index contributed by atoms with van der Waals surface area (Å²) in [5, 5.41) is 16.8. The van der Waals surface area contributed by atoms with Gasteiger partial charge in [-0.05, 0) is 161 Å². The molecule has 4 heterocycles. The van der Waals surface area contributed by atoms with E-state index in [1.807, 2.05) is 12.1 Å². The molecule has 0 atom stereocenters. The molecule has 4 nitrogen and oxygen atoms in total. The van der Waals surface area contributed by atoms with Crippen LogP contribution in [0, 0.1) is 0 Å². The van der Waals surface area contributed by atoms with Gasteiger partial charge in [-0.1, -0.05) is 378 Å². The Morgan fingerprint density at radius 3 is 0.634 bits per heavy atom. The molecule has 0 bridgehead atoms. The van der Waals surface area contributed by atoms with Crippen LogP contribution in [0.5, 0.6) is 0 Å². The van der Waals surface area contributed by atoms with E-state index >= 15 is 0 Å². The summed E-state index contributed by atoms with van der Waals surface area (Å²) in [5.41, 5.74) is 5.17. The number of benzene rings is 12. The molecule has 101 heavy (non-hydrogen) atoms. The van der Waals surface area contributed by atoms with E-state index in [2.05, 4.69) is 438 Å². The van der Waals surface area contributed by atoms with Crippen molar-refractivity contribution in [3.63, 3.8) is 0 Å². The van der Waals surface area contributed by atoms with E-state index in [1.165, 1.54) is 74.8 Å². The zero-order chi connectivity index (χ0) is 68.1. The van der Waals surface area contributed by atoms with Gasteiger partial charge in [-0.3, -0.25) is 9.98 Å². The molecule has 0 aliphatic carbocycles. The van der Waals surface area contributed by atoms with Crippen LogP contribution in [0.4, 0.5) is 0 Å². The van der Waals surface area contributed by atoms with Crippen molar-refractivity contribution >= 4 is 162 Å². The Bertz CT molecular complexity index is 3910. The molecular weight excluding hydrogens is 1600 g/mol. The third kappa shape index (κ3) is 22.4. The molecule has 14 aromatic rings. The summed E-state index contributed by atoms with van der Waals surface area (Å²) < 4.78 is 2.81. The first kappa shape index (κ1) is 77.0. The maximum Gasteiger partial charge on any atom is 0.121 e. The molecule has 0 N–H and O–H groups in total. The summed E-state index contributed by atoms with van der Waals surface area (Å²) in [7, 11) is -1.78. The van der Waals surface area contributed by atoms with Crippen LogP contribution in [0.3, 0.4) is 0 Å². The maximum atomic E-state index is 4.36. The van der Waals surface area contributed by atoms with Gasteiger partial charge in [0.05, 0.1) is 34.6 Å². The van der Waals surface area contributed by atoms with E-state index in [-0.39, 0.29) is 27.8 Å². The van der Waals surface area contributed by atoms with Crippen molar-refractivity contribution in [1.82, 2.24) is 9.97 Å². The van der Waals surface area contributed by atoms with Gasteiger partial charge in [-0.15, -0.1) is 0 Å². The molecule has 12 heteroatoms. The van der Waals surface area contributed by atoms with Crippen molar-refractivity contribution < 1.29 is 20.4 Å². The zero-order valence-corrected chi connectivity index (χ0v) is 64.6. The molecule has 2 aliphatic heterocycles. The van der Waals surface area contributed by atoms with Crippen LogP contribution >= 0.6 is 79.5 Å². The second-order valence-electron chi connectivity index (χ2n) is 22.2. The Hall–Kier alpha value is -8.16. The topological polar surface area (TPSA) is 50.5 Å². The first-order valence-electron chi connectivity index (χ1n) is 32.4. The SMILES string of the molecule is Brc1cc2c(nc1Br)C=NC2.C.C=Cc1nc2c(cc1Br)CN=C2.[Pd].c1ccc(P(c2ccccc2)c2ccccc2)cc1.c1ccc(P(c2ccccc2)c2ccccc2)cc1.c1ccc(P(c2ccccc2)c2ccccc2)cc1.c1ccc(P(c2ccccc2)c2ccccc2)cc1. The Balaban J connectivity index is 0.000000142. The van der Waals surface area contributed by atoms with Crippen LogP contribution in [0.2, 0.25) is 0 Å². The van der Waals surface area contributed by atoms with Gasteiger partial charge in [0, 0.05) is 48.5 Å². The number of fused-ring (bicyclic) bond motifs is 2. The summed E-state index contributed by atoms with van der Waals surface area (Å²) >= 11 is 10.1. The van der Waals surface area contributed by atoms with E-state index in [0.29, 0.717) is 0 Å². The van der Waals surface area contributed by atoms with Gasteiger partial charge < -0.3 is 0 Å². The molecule has 2 aliphatic rings. The van der Waals surface area contributed by atoms with Crippen molar-refractivity contribution in [3.8, 4) is 0 Å². The number of halogens is 3. The molecule has 0 fully saturated rings. The second kappa shape index (κ2) is 41.7. The predicted molar refractivity (Wildman–Crippen MR) is 452 cm³/mol. The Morgan fingerprint density at radius 1 is 0.267 bits per heavy atom. The van der Waals surface area contributed by atoms with Crippen molar-refractivity contribution in [2.24, 2.45) is 9.98 Å². The van der Waals surface area contributed by atoms with E-state index < -0.39 is 31.7 Å². The molecule has 0 radical (unpaired) electrons. The predicted octanol–water partition coefficient (Wildman–Crippen LogP) is 19.4.